The average Bonchev–Trinajstić information content (AvgIpc) is 2.93. The maximum atomic E-state index is 12.1. The van der Waals surface area contributed by atoms with E-state index >= 15 is 0 Å². The summed E-state index contributed by atoms with van der Waals surface area (Å²) in [6.45, 7) is 10.3. The molecule has 0 aromatic heterocycles. The van der Waals surface area contributed by atoms with Gasteiger partial charge in [0.1, 0.15) is 0 Å². The fourth-order valence-corrected chi connectivity index (χ4v) is 5.09. The summed E-state index contributed by atoms with van der Waals surface area (Å²) < 4.78 is 23.2. The van der Waals surface area contributed by atoms with Gasteiger partial charge in [0.15, 0.2) is 15.8 Å². The molecule has 0 saturated carbocycles. The molecule has 0 radical (unpaired) electrons. The first-order valence-corrected chi connectivity index (χ1v) is 11.2. The van der Waals surface area contributed by atoms with Gasteiger partial charge in [-0.3, -0.25) is 9.79 Å². The molecule has 1 unspecified atom stereocenters. The van der Waals surface area contributed by atoms with Gasteiger partial charge in [-0.05, 0) is 18.8 Å². The van der Waals surface area contributed by atoms with Gasteiger partial charge in [-0.25, -0.2) is 8.42 Å². The van der Waals surface area contributed by atoms with Crippen molar-refractivity contribution < 1.29 is 13.2 Å². The van der Waals surface area contributed by atoms with Crippen molar-refractivity contribution in [2.45, 2.75) is 33.6 Å². The maximum absolute atomic E-state index is 12.1. The molecule has 2 rings (SSSR count). The van der Waals surface area contributed by atoms with Crippen LogP contribution in [0.5, 0.6) is 0 Å². The van der Waals surface area contributed by atoms with Gasteiger partial charge in [0.25, 0.3) is 0 Å². The summed E-state index contributed by atoms with van der Waals surface area (Å²) in [4.78, 5) is 20.9. The highest BCUT2D eigenvalue weighted by Crippen LogP contribution is 2.18. The van der Waals surface area contributed by atoms with Crippen LogP contribution in [0.1, 0.15) is 33.6 Å². The van der Waals surface area contributed by atoms with Crippen molar-refractivity contribution in [2.75, 3.05) is 50.8 Å². The Morgan fingerprint density at radius 2 is 1.81 bits per heavy atom. The van der Waals surface area contributed by atoms with Crippen LogP contribution < -0.4 is 5.32 Å². The van der Waals surface area contributed by atoms with Crippen LogP contribution in [0.3, 0.4) is 0 Å². The molecule has 0 bridgehead atoms. The van der Waals surface area contributed by atoms with Gasteiger partial charge in [-0.1, -0.05) is 20.8 Å². The molecule has 1 amide bonds. The van der Waals surface area contributed by atoms with Crippen molar-refractivity contribution >= 4 is 45.7 Å². The minimum absolute atomic E-state index is 0. The molecule has 2 saturated heterocycles. The molecule has 2 aliphatic heterocycles. The van der Waals surface area contributed by atoms with Crippen LogP contribution in [-0.4, -0.2) is 80.9 Å². The molecule has 26 heavy (non-hydrogen) atoms. The second kappa shape index (κ2) is 10.7. The Bertz CT molecular complexity index is 587. The summed E-state index contributed by atoms with van der Waals surface area (Å²) in [7, 11) is -2.86. The van der Waals surface area contributed by atoms with Gasteiger partial charge in [-0.15, -0.1) is 24.0 Å². The number of amides is 1. The third-order valence-electron chi connectivity index (χ3n) is 4.74. The van der Waals surface area contributed by atoms with Crippen LogP contribution in [0.4, 0.5) is 0 Å². The number of sulfone groups is 1. The van der Waals surface area contributed by atoms with Crippen LogP contribution in [0.15, 0.2) is 4.99 Å². The summed E-state index contributed by atoms with van der Waals surface area (Å²) in [6.07, 6.45) is 1.71. The van der Waals surface area contributed by atoms with Gasteiger partial charge in [-0.2, -0.15) is 0 Å². The number of carbonyl (C=O) groups is 1. The predicted octanol–water partition coefficient (Wildman–Crippen LogP) is 1.19. The number of aliphatic imine (C=N–C) groups is 1. The molecule has 7 nitrogen and oxygen atoms in total. The number of carbonyl (C=O) groups excluding carboxylic acids is 1. The second-order valence-corrected chi connectivity index (χ2v) is 9.56. The Morgan fingerprint density at radius 3 is 2.31 bits per heavy atom. The molecule has 0 aliphatic carbocycles. The molecule has 0 aromatic rings. The molecular formula is C17H33IN4O3S. The third-order valence-corrected chi connectivity index (χ3v) is 6.58. The van der Waals surface area contributed by atoms with Crippen molar-refractivity contribution in [1.29, 1.82) is 0 Å². The number of hydrogen-bond acceptors (Lipinski definition) is 4. The van der Waals surface area contributed by atoms with Crippen LogP contribution >= 0.6 is 24.0 Å². The average molecular weight is 500 g/mol. The standard InChI is InChI=1S/C17H32N4O3S.HI/c1-4-6-18-17(19-12-15-5-11-25(23,24)13-15)21-9-7-20(8-10-21)16(22)14(2)3;/h14-15H,4-13H2,1-3H3,(H,18,19);1H. The number of nitrogens with one attached hydrogen (secondary N) is 1. The number of guanidine groups is 1. The van der Waals surface area contributed by atoms with Crippen molar-refractivity contribution in [1.82, 2.24) is 15.1 Å². The van der Waals surface area contributed by atoms with Crippen LogP contribution in [-0.2, 0) is 14.6 Å². The van der Waals surface area contributed by atoms with Gasteiger partial charge < -0.3 is 15.1 Å². The third kappa shape index (κ3) is 6.86. The molecule has 1 N–H and O–H groups in total. The number of halogens is 1. The van der Waals surface area contributed by atoms with Gasteiger partial charge >= 0.3 is 0 Å². The fourth-order valence-electron chi connectivity index (χ4n) is 3.24. The first kappa shape index (κ1) is 23.5. The molecule has 2 heterocycles. The largest absolute Gasteiger partial charge is 0.356 e. The Kier molecular flexibility index (Phi) is 9.63. The zero-order valence-corrected chi connectivity index (χ0v) is 19.3. The summed E-state index contributed by atoms with van der Waals surface area (Å²) in [6, 6.07) is 0. The summed E-state index contributed by atoms with van der Waals surface area (Å²) in [5, 5.41) is 3.37. The van der Waals surface area contributed by atoms with Crippen molar-refractivity contribution in [3.63, 3.8) is 0 Å². The van der Waals surface area contributed by atoms with Gasteiger partial charge in [0, 0.05) is 45.2 Å². The molecule has 2 fully saturated rings. The van der Waals surface area contributed by atoms with Gasteiger partial charge in [0.05, 0.1) is 11.5 Å². The lowest BCUT2D eigenvalue weighted by Gasteiger charge is -2.37. The summed E-state index contributed by atoms with van der Waals surface area (Å²) in [5.74, 6) is 1.77. The maximum Gasteiger partial charge on any atom is 0.225 e. The normalized spacial score (nSPS) is 23.1. The quantitative estimate of drug-likeness (QED) is 0.349. The Morgan fingerprint density at radius 1 is 1.19 bits per heavy atom. The molecule has 1 atom stereocenters. The number of piperazine rings is 1. The molecule has 0 aromatic carbocycles. The van der Waals surface area contributed by atoms with E-state index in [0.717, 1.165) is 32.0 Å². The number of nitrogens with zero attached hydrogens (tertiary/aromatic N) is 3. The number of hydrogen-bond donors (Lipinski definition) is 1. The van der Waals surface area contributed by atoms with E-state index in [4.69, 9.17) is 4.99 Å². The van der Waals surface area contributed by atoms with Crippen LogP contribution in [0.2, 0.25) is 0 Å². The first-order valence-electron chi connectivity index (χ1n) is 9.35. The van der Waals surface area contributed by atoms with Gasteiger partial charge in [0.2, 0.25) is 5.91 Å². The molecule has 0 spiro atoms. The molecule has 9 heteroatoms. The first-order chi connectivity index (χ1) is 11.8. The molecule has 152 valence electrons. The van der Waals surface area contributed by atoms with Crippen molar-refractivity contribution in [2.24, 2.45) is 16.8 Å². The summed E-state index contributed by atoms with van der Waals surface area (Å²) in [5.41, 5.74) is 0. The number of rotatable bonds is 5. The predicted molar refractivity (Wildman–Crippen MR) is 116 cm³/mol. The van der Waals surface area contributed by atoms with E-state index in [9.17, 15) is 13.2 Å². The molecular weight excluding hydrogens is 467 g/mol. The topological polar surface area (TPSA) is 82.1 Å². The Labute approximate surface area is 174 Å². The zero-order valence-electron chi connectivity index (χ0n) is 16.1. The smallest absolute Gasteiger partial charge is 0.225 e. The van der Waals surface area contributed by atoms with E-state index in [1.54, 1.807) is 0 Å². The van der Waals surface area contributed by atoms with Crippen molar-refractivity contribution in [3.8, 4) is 0 Å². The lowest BCUT2D eigenvalue weighted by atomic mass is 10.1. The van der Waals surface area contributed by atoms with E-state index in [1.165, 1.54) is 0 Å². The van der Waals surface area contributed by atoms with E-state index in [2.05, 4.69) is 17.1 Å². The minimum Gasteiger partial charge on any atom is -0.356 e. The summed E-state index contributed by atoms with van der Waals surface area (Å²) >= 11 is 0. The van der Waals surface area contributed by atoms with Crippen molar-refractivity contribution in [3.05, 3.63) is 0 Å². The van der Waals surface area contributed by atoms with Crippen LogP contribution in [0, 0.1) is 11.8 Å². The highest BCUT2D eigenvalue weighted by Gasteiger charge is 2.28. The monoisotopic (exact) mass is 500 g/mol. The second-order valence-electron chi connectivity index (χ2n) is 7.33. The minimum atomic E-state index is -2.86. The lowest BCUT2D eigenvalue weighted by molar-refractivity contribution is -0.135. The zero-order chi connectivity index (χ0) is 18.4. The van der Waals surface area contributed by atoms with E-state index in [1.807, 2.05) is 18.7 Å². The lowest BCUT2D eigenvalue weighted by Crippen LogP contribution is -2.54. The van der Waals surface area contributed by atoms with Crippen LogP contribution in [0.25, 0.3) is 0 Å². The highest BCUT2D eigenvalue weighted by atomic mass is 127. The van der Waals surface area contributed by atoms with E-state index in [0.29, 0.717) is 31.8 Å². The SMILES string of the molecule is CCCNC(=NCC1CCS(=O)(=O)C1)N1CCN(C(=O)C(C)C)CC1.I. The Balaban J connectivity index is 0.00000338. The van der Waals surface area contributed by atoms with E-state index in [-0.39, 0.29) is 47.5 Å². The highest BCUT2D eigenvalue weighted by molar-refractivity contribution is 14.0. The molecule has 2 aliphatic rings. The van der Waals surface area contributed by atoms with E-state index < -0.39 is 9.84 Å². The fraction of sp³-hybridized carbons (Fsp3) is 0.882. The Hall–Kier alpha value is -0.580.